The van der Waals surface area contributed by atoms with Crippen molar-refractivity contribution in [3.8, 4) is 11.5 Å². The second-order valence-electron chi connectivity index (χ2n) is 11.4. The van der Waals surface area contributed by atoms with E-state index in [0.717, 1.165) is 31.9 Å². The lowest BCUT2D eigenvalue weighted by atomic mass is 10.0. The van der Waals surface area contributed by atoms with Gasteiger partial charge in [0.1, 0.15) is 39.2 Å². The number of hydrogen-bond acceptors (Lipinski definition) is 18. The smallest absolute Gasteiger partial charge is 0.299 e. The van der Waals surface area contributed by atoms with E-state index in [1.807, 2.05) is 0 Å². The number of aryl methyl sites for hydroxylation is 1. The lowest BCUT2D eigenvalue weighted by Crippen LogP contribution is -2.10. The first-order chi connectivity index (χ1) is 26.6. The maximum Gasteiger partial charge on any atom is 0.299 e. The van der Waals surface area contributed by atoms with Crippen molar-refractivity contribution in [2.45, 2.75) is 23.3 Å². The van der Waals surface area contributed by atoms with Gasteiger partial charge in [0, 0.05) is 17.0 Å². The molecule has 0 unspecified atom stereocenters. The summed E-state index contributed by atoms with van der Waals surface area (Å²) in [5.74, 6) is -1.40. The number of fused-ring (bicyclic) bond motifs is 1. The van der Waals surface area contributed by atoms with Gasteiger partial charge in [-0.15, -0.1) is 15.3 Å². The van der Waals surface area contributed by atoms with Crippen molar-refractivity contribution in [3.63, 3.8) is 0 Å². The maximum absolute atomic E-state index is 13.2. The molecule has 0 bridgehead atoms. The van der Waals surface area contributed by atoms with Crippen molar-refractivity contribution >= 4 is 83.2 Å². The molecule has 1 amide bonds. The predicted molar refractivity (Wildman–Crippen MR) is 201 cm³/mol. The molecule has 19 nitrogen and oxygen atoms in total. The van der Waals surface area contributed by atoms with Crippen LogP contribution in [0.1, 0.15) is 21.5 Å². The average Bonchev–Trinajstić information content (AvgIpc) is 3.19. The zero-order chi connectivity index (χ0) is 40.8. The Morgan fingerprint density at radius 1 is 0.750 bits per heavy atom. The second kappa shape index (κ2) is 16.8. The number of rotatable bonds is 15. The van der Waals surface area contributed by atoms with Gasteiger partial charge in [0.15, 0.2) is 5.75 Å². The zero-order valence-electron chi connectivity index (χ0n) is 29.9. The number of carbonyl (C=O) groups excluding carboxylic acids is 2. The summed E-state index contributed by atoms with van der Waals surface area (Å²) in [6.45, 7) is 2.20. The molecule has 0 fully saturated rings. The first-order valence-electron chi connectivity index (χ1n) is 15.8. The van der Waals surface area contributed by atoms with E-state index in [-0.39, 0.29) is 51.4 Å². The summed E-state index contributed by atoms with van der Waals surface area (Å²) in [4.78, 5) is 20.5. The Hall–Kier alpha value is -6.68. The largest absolute Gasteiger partial charge is 0.505 e. The van der Waals surface area contributed by atoms with Crippen molar-refractivity contribution < 1.29 is 49.4 Å². The van der Waals surface area contributed by atoms with Crippen molar-refractivity contribution in [3.05, 3.63) is 89.5 Å². The van der Waals surface area contributed by atoms with Gasteiger partial charge in [-0.3, -0.25) is 18.0 Å². The van der Waals surface area contributed by atoms with E-state index in [1.165, 1.54) is 31.4 Å². The van der Waals surface area contributed by atoms with E-state index in [4.69, 9.17) is 25.1 Å². The van der Waals surface area contributed by atoms with Crippen LogP contribution in [0.25, 0.3) is 10.8 Å². The highest BCUT2D eigenvalue weighted by Gasteiger charge is 2.30. The number of anilines is 1. The first-order valence-corrected chi connectivity index (χ1v) is 18.7. The number of aromatic hydroxyl groups is 1. The summed E-state index contributed by atoms with van der Waals surface area (Å²) in [7, 11) is -6.21. The van der Waals surface area contributed by atoms with E-state index >= 15 is 0 Å². The van der Waals surface area contributed by atoms with E-state index in [9.17, 15) is 31.5 Å². The average molecular weight is 805 g/mol. The maximum atomic E-state index is 13.2. The van der Waals surface area contributed by atoms with Crippen LogP contribution in [0.4, 0.5) is 39.8 Å². The van der Waals surface area contributed by atoms with Crippen LogP contribution in [0.5, 0.6) is 11.5 Å². The zero-order valence-corrected chi connectivity index (χ0v) is 31.5. The molecule has 0 radical (unpaired) electrons. The molecule has 5 aromatic rings. The monoisotopic (exact) mass is 804 g/mol. The third-order valence-corrected chi connectivity index (χ3v) is 10.6. The van der Waals surface area contributed by atoms with E-state index < -0.39 is 47.4 Å². The van der Waals surface area contributed by atoms with Gasteiger partial charge in [-0.05, 0) is 72.6 Å². The third kappa shape index (κ3) is 8.65. The van der Waals surface area contributed by atoms with Crippen LogP contribution in [0.2, 0.25) is 0 Å². The van der Waals surface area contributed by atoms with Gasteiger partial charge in [0.25, 0.3) is 26.7 Å². The molecule has 0 saturated heterocycles. The molecule has 0 atom stereocenters. The summed E-state index contributed by atoms with van der Waals surface area (Å²) in [6.07, 6.45) is 0. The third-order valence-electron chi connectivity index (χ3n) is 8.00. The van der Waals surface area contributed by atoms with Crippen molar-refractivity contribution in [2.24, 2.45) is 36.4 Å². The molecular formula is C35H32N8O11S2. The van der Waals surface area contributed by atoms with Gasteiger partial charge in [-0.1, -0.05) is 12.1 Å². The number of carbonyl (C=O) groups is 2. The molecule has 0 aliphatic carbocycles. The van der Waals surface area contributed by atoms with Gasteiger partial charge in [-0.2, -0.15) is 32.2 Å². The minimum atomic E-state index is -4.68. The fourth-order valence-electron chi connectivity index (χ4n) is 5.09. The van der Waals surface area contributed by atoms with Gasteiger partial charge >= 0.3 is 0 Å². The standard InChI is InChI=1S/C35H32N8O11S2/c1-19-13-26(28(51-2)15-25(19)40-38-22-9-5-20(6-10-22)17-54-18-44)41-42-27-16-29(55(47,48)52-3)24-14-30(56(49,50)53-4)33(34(45)31(24)32(27)36)43-39-23-11-7-21(8-12-23)35(37)46/h5-16,18,45H,17,36H2,1-4H3,(H2,37,46). The minimum Gasteiger partial charge on any atom is -0.505 e. The fraction of sp³-hybridized carbons (Fsp3) is 0.143. The Morgan fingerprint density at radius 2 is 1.32 bits per heavy atom. The Morgan fingerprint density at radius 3 is 1.91 bits per heavy atom. The first kappa shape index (κ1) is 40.5. The van der Waals surface area contributed by atoms with E-state index in [0.29, 0.717) is 23.4 Å². The number of ether oxygens (including phenoxy) is 2. The van der Waals surface area contributed by atoms with Gasteiger partial charge in [0.05, 0.1) is 49.5 Å². The van der Waals surface area contributed by atoms with Crippen LogP contribution in [0.15, 0.2) is 113 Å². The highest BCUT2D eigenvalue weighted by Crippen LogP contribution is 2.49. The predicted octanol–water partition coefficient (Wildman–Crippen LogP) is 7.13. The lowest BCUT2D eigenvalue weighted by molar-refractivity contribution is -0.129. The molecule has 5 aromatic carbocycles. The van der Waals surface area contributed by atoms with Gasteiger partial charge in [-0.25, -0.2) is 0 Å². The van der Waals surface area contributed by atoms with Crippen LogP contribution in [0, 0.1) is 6.92 Å². The number of nitrogen functional groups attached to an aromatic ring is 1. The second-order valence-corrected chi connectivity index (χ2v) is 14.8. The fourth-order valence-corrected chi connectivity index (χ4v) is 6.77. The number of azo groups is 3. The molecule has 290 valence electrons. The summed E-state index contributed by atoms with van der Waals surface area (Å²) in [5, 5.41) is 35.7. The number of methoxy groups -OCH3 is 1. The van der Waals surface area contributed by atoms with Crippen LogP contribution >= 0.6 is 0 Å². The number of nitrogens with two attached hydrogens (primary N) is 2. The van der Waals surface area contributed by atoms with Gasteiger partial charge in [0.2, 0.25) is 5.91 Å². The van der Waals surface area contributed by atoms with Crippen molar-refractivity contribution in [1.82, 2.24) is 0 Å². The Bertz CT molecular complexity index is 2650. The number of benzene rings is 5. The number of nitrogens with zero attached hydrogens (tertiary/aromatic N) is 6. The van der Waals surface area contributed by atoms with E-state index in [1.54, 1.807) is 43.3 Å². The van der Waals surface area contributed by atoms with Crippen LogP contribution < -0.4 is 16.2 Å². The number of primary amides is 1. The number of hydrogen-bond donors (Lipinski definition) is 3. The topological polar surface area (TPSA) is 286 Å². The van der Waals surface area contributed by atoms with Crippen LogP contribution in [-0.4, -0.2) is 55.7 Å². The molecule has 0 saturated carbocycles. The van der Waals surface area contributed by atoms with Crippen molar-refractivity contribution in [1.29, 1.82) is 0 Å². The minimum absolute atomic E-state index is 0.118. The molecule has 0 spiro atoms. The summed E-state index contributed by atoms with van der Waals surface area (Å²) in [5.41, 5.74) is 13.2. The number of phenolic OH excluding ortho intramolecular Hbond substituents is 1. The van der Waals surface area contributed by atoms with Gasteiger partial charge < -0.3 is 26.0 Å². The molecule has 0 aliphatic heterocycles. The Kier molecular flexibility index (Phi) is 12.1. The quantitative estimate of drug-likeness (QED) is 0.0412. The highest BCUT2D eigenvalue weighted by molar-refractivity contribution is 7.87. The summed E-state index contributed by atoms with van der Waals surface area (Å²) >= 11 is 0. The molecule has 5 rings (SSSR count). The molecule has 21 heteroatoms. The van der Waals surface area contributed by atoms with E-state index in [2.05, 4.69) is 34.9 Å². The molecule has 0 heterocycles. The normalized spacial score (nSPS) is 12.2. The molecule has 0 aliphatic rings. The Labute approximate surface area is 319 Å². The molecular weight excluding hydrogens is 773 g/mol. The highest BCUT2D eigenvalue weighted by atomic mass is 32.2. The molecule has 0 aromatic heterocycles. The summed E-state index contributed by atoms with van der Waals surface area (Å²) < 4.78 is 72.3. The van der Waals surface area contributed by atoms with Crippen LogP contribution in [-0.2, 0) is 44.7 Å². The summed E-state index contributed by atoms with van der Waals surface area (Å²) in [6, 6.07) is 17.3. The Balaban J connectivity index is 1.63. The van der Waals surface area contributed by atoms with Crippen molar-refractivity contribution in [2.75, 3.05) is 27.1 Å². The molecule has 56 heavy (non-hydrogen) atoms. The van der Waals surface area contributed by atoms with Crippen LogP contribution in [0.3, 0.4) is 0 Å². The lowest BCUT2D eigenvalue weighted by Gasteiger charge is -2.16. The molecule has 5 N–H and O–H groups in total. The number of phenols is 1. The number of amides is 1. The SMILES string of the molecule is COc1cc(N=Nc2ccc(COC=O)cc2)c(C)cc1N=Nc1cc(S(=O)(=O)OC)c2cc(S(=O)(=O)OC)c(N=Nc3ccc(C(N)=O)cc3)c(O)c2c1N.